The van der Waals surface area contributed by atoms with Crippen LogP contribution in [0, 0.1) is 11.3 Å². The molecular weight excluding hydrogens is 518 g/mol. The summed E-state index contributed by atoms with van der Waals surface area (Å²) in [5.74, 6) is 1.03. The van der Waals surface area contributed by atoms with Crippen LogP contribution < -0.4 is 19.3 Å². The fraction of sp³-hybridized carbons (Fsp3) is 0.296. The van der Waals surface area contributed by atoms with E-state index in [4.69, 9.17) is 9.47 Å². The molecule has 0 amide bonds. The summed E-state index contributed by atoms with van der Waals surface area (Å²) < 4.78 is 36.6. The van der Waals surface area contributed by atoms with Gasteiger partial charge in [-0.1, -0.05) is 6.07 Å². The molecule has 2 N–H and O–H groups in total. The number of hydrogen-bond donors (Lipinski definition) is 2. The predicted molar refractivity (Wildman–Crippen MR) is 151 cm³/mol. The largest absolute Gasteiger partial charge is 0.496 e. The van der Waals surface area contributed by atoms with Gasteiger partial charge in [-0.05, 0) is 24.3 Å². The molecule has 1 fully saturated rings. The van der Waals surface area contributed by atoms with E-state index in [1.807, 2.05) is 18.2 Å². The first-order valence-corrected chi connectivity index (χ1v) is 14.2. The topological polar surface area (TPSA) is 136 Å². The molecule has 3 aromatic heterocycles. The van der Waals surface area contributed by atoms with Crippen molar-refractivity contribution in [3.63, 3.8) is 0 Å². The number of ether oxygens (including phenoxy) is 2. The van der Waals surface area contributed by atoms with Crippen molar-refractivity contribution < 1.29 is 17.9 Å². The van der Waals surface area contributed by atoms with E-state index >= 15 is 0 Å². The molecule has 0 spiro atoms. The third kappa shape index (κ3) is 5.32. The average Bonchev–Trinajstić information content (AvgIpc) is 3.39. The summed E-state index contributed by atoms with van der Waals surface area (Å²) in [5, 5.41) is 13.9. The summed E-state index contributed by atoms with van der Waals surface area (Å²) in [7, 11) is -0.396. The van der Waals surface area contributed by atoms with E-state index in [2.05, 4.69) is 37.3 Å². The molecule has 1 aliphatic heterocycles. The van der Waals surface area contributed by atoms with Crippen molar-refractivity contribution in [2.45, 2.75) is 6.54 Å². The zero-order chi connectivity index (χ0) is 27.6. The van der Waals surface area contributed by atoms with Crippen LogP contribution in [-0.2, 0) is 21.3 Å². The minimum absolute atomic E-state index is 0.245. The number of hydrogen-bond acceptors (Lipinski definition) is 9. The molecule has 0 atom stereocenters. The van der Waals surface area contributed by atoms with E-state index in [-0.39, 0.29) is 6.54 Å². The lowest BCUT2D eigenvalue weighted by Crippen LogP contribution is -2.36. The molecule has 202 valence electrons. The van der Waals surface area contributed by atoms with Gasteiger partial charge in [0, 0.05) is 67.3 Å². The number of nitriles is 1. The van der Waals surface area contributed by atoms with E-state index in [9.17, 15) is 13.7 Å². The number of fused-ring (bicyclic) bond motifs is 1. The maximum absolute atomic E-state index is 12.1. The Kier molecular flexibility index (Phi) is 7.28. The second-order valence-corrected chi connectivity index (χ2v) is 11.2. The SMILES string of the molecule is COc1cc(N2CCOCC2)ccc1-c1cc2c(NCc3cccnc3N(C)S(C)(=O)=O)c(C#N)cnc2[nH]1. The molecule has 5 rings (SSSR count). The molecule has 0 aliphatic carbocycles. The Balaban J connectivity index is 1.50. The number of aromatic nitrogens is 3. The Morgan fingerprint density at radius 2 is 2.03 bits per heavy atom. The molecule has 0 bridgehead atoms. The molecule has 12 heteroatoms. The van der Waals surface area contributed by atoms with Crippen molar-refractivity contribution >= 4 is 38.2 Å². The summed E-state index contributed by atoms with van der Waals surface area (Å²) in [6.45, 7) is 3.28. The van der Waals surface area contributed by atoms with Crippen LogP contribution in [0.5, 0.6) is 5.75 Å². The van der Waals surface area contributed by atoms with Crippen LogP contribution in [-0.4, -0.2) is 70.1 Å². The highest BCUT2D eigenvalue weighted by molar-refractivity contribution is 7.92. The maximum Gasteiger partial charge on any atom is 0.233 e. The number of aromatic amines is 1. The van der Waals surface area contributed by atoms with E-state index in [1.165, 1.54) is 13.2 Å². The van der Waals surface area contributed by atoms with Gasteiger partial charge in [0.25, 0.3) is 0 Å². The van der Waals surface area contributed by atoms with Crippen LogP contribution in [0.25, 0.3) is 22.3 Å². The number of morpholine rings is 1. The van der Waals surface area contributed by atoms with E-state index in [0.717, 1.165) is 46.0 Å². The van der Waals surface area contributed by atoms with Crippen LogP contribution in [0.15, 0.2) is 48.8 Å². The zero-order valence-corrected chi connectivity index (χ0v) is 22.7. The number of nitrogens with zero attached hydrogens (tertiary/aromatic N) is 5. The van der Waals surface area contributed by atoms with Crippen molar-refractivity contribution in [1.82, 2.24) is 15.0 Å². The zero-order valence-electron chi connectivity index (χ0n) is 21.9. The number of pyridine rings is 2. The van der Waals surface area contributed by atoms with Crippen LogP contribution >= 0.6 is 0 Å². The number of H-pyrrole nitrogens is 1. The lowest BCUT2D eigenvalue weighted by molar-refractivity contribution is 0.122. The van der Waals surface area contributed by atoms with Crippen LogP contribution in [0.2, 0.25) is 0 Å². The number of rotatable bonds is 8. The Morgan fingerprint density at radius 3 is 2.74 bits per heavy atom. The summed E-state index contributed by atoms with van der Waals surface area (Å²) >= 11 is 0. The number of benzene rings is 1. The smallest absolute Gasteiger partial charge is 0.233 e. The molecule has 39 heavy (non-hydrogen) atoms. The summed E-state index contributed by atoms with van der Waals surface area (Å²) in [5.41, 5.74) is 4.94. The first-order valence-electron chi connectivity index (χ1n) is 12.3. The first kappa shape index (κ1) is 26.3. The minimum Gasteiger partial charge on any atom is -0.496 e. The fourth-order valence-corrected chi connectivity index (χ4v) is 5.09. The van der Waals surface area contributed by atoms with Crippen molar-refractivity contribution in [3.05, 3.63) is 59.9 Å². The fourth-order valence-electron chi connectivity index (χ4n) is 4.61. The van der Waals surface area contributed by atoms with Gasteiger partial charge in [-0.2, -0.15) is 5.26 Å². The first-order chi connectivity index (χ1) is 18.8. The highest BCUT2D eigenvalue weighted by Gasteiger charge is 2.20. The molecule has 4 aromatic rings. The number of methoxy groups -OCH3 is 1. The standard InChI is InChI=1S/C27H29N7O4S/c1-33(39(3,35)36)27-18(5-4-8-29-27)16-30-25-19(15-28)17-31-26-22(25)14-23(32-26)21-7-6-20(13-24(21)37-2)34-9-11-38-12-10-34/h4-8,13-14,17H,9-12,16H2,1-3H3,(H2,30,31,32). The van der Waals surface area contributed by atoms with Gasteiger partial charge in [0.1, 0.15) is 23.3 Å². The van der Waals surface area contributed by atoms with Crippen molar-refractivity contribution in [3.8, 4) is 23.1 Å². The van der Waals surface area contributed by atoms with Crippen molar-refractivity contribution in [1.29, 1.82) is 5.26 Å². The number of sulfonamides is 1. The quantitative estimate of drug-likeness (QED) is 0.340. The molecule has 11 nitrogen and oxygen atoms in total. The van der Waals surface area contributed by atoms with Gasteiger partial charge in [-0.25, -0.2) is 18.4 Å². The van der Waals surface area contributed by atoms with Crippen LogP contribution in [0.4, 0.5) is 17.2 Å². The number of anilines is 3. The molecule has 4 heterocycles. The molecule has 0 saturated carbocycles. The summed E-state index contributed by atoms with van der Waals surface area (Å²) in [6.07, 6.45) is 4.18. The minimum atomic E-state index is -3.50. The monoisotopic (exact) mass is 547 g/mol. The number of nitrogens with one attached hydrogen (secondary N) is 2. The predicted octanol–water partition coefficient (Wildman–Crippen LogP) is 3.35. The van der Waals surface area contributed by atoms with Crippen LogP contribution in [0.3, 0.4) is 0 Å². The Morgan fingerprint density at radius 1 is 1.23 bits per heavy atom. The third-order valence-corrected chi connectivity index (χ3v) is 7.92. The van der Waals surface area contributed by atoms with E-state index in [0.29, 0.717) is 47.2 Å². The highest BCUT2D eigenvalue weighted by Crippen LogP contribution is 2.37. The van der Waals surface area contributed by atoms with Crippen molar-refractivity contribution in [2.24, 2.45) is 0 Å². The van der Waals surface area contributed by atoms with E-state index < -0.39 is 10.0 Å². The summed E-state index contributed by atoms with van der Waals surface area (Å²) in [4.78, 5) is 14.3. The van der Waals surface area contributed by atoms with Gasteiger partial charge >= 0.3 is 0 Å². The Labute approximate surface area is 227 Å². The Bertz CT molecular complexity index is 1660. The molecule has 1 aromatic carbocycles. The Hall–Kier alpha value is -4.34. The van der Waals surface area contributed by atoms with Gasteiger partial charge in [0.15, 0.2) is 0 Å². The van der Waals surface area contributed by atoms with Crippen molar-refractivity contribution in [2.75, 3.05) is 61.2 Å². The van der Waals surface area contributed by atoms with Gasteiger partial charge in [0.2, 0.25) is 10.0 Å². The van der Waals surface area contributed by atoms with Gasteiger partial charge in [0.05, 0.1) is 43.5 Å². The normalized spacial score (nSPS) is 13.7. The molecule has 0 unspecified atom stereocenters. The second-order valence-electron chi connectivity index (χ2n) is 9.16. The molecule has 1 saturated heterocycles. The van der Waals surface area contributed by atoms with Gasteiger partial charge in [-0.15, -0.1) is 0 Å². The average molecular weight is 548 g/mol. The lowest BCUT2D eigenvalue weighted by atomic mass is 10.1. The molecule has 1 aliphatic rings. The van der Waals surface area contributed by atoms with Crippen LogP contribution in [0.1, 0.15) is 11.1 Å². The maximum atomic E-state index is 12.1. The van der Waals surface area contributed by atoms with Gasteiger partial charge < -0.3 is 24.7 Å². The molecular formula is C27H29N7O4S. The molecule has 0 radical (unpaired) electrons. The van der Waals surface area contributed by atoms with E-state index in [1.54, 1.807) is 25.4 Å². The summed E-state index contributed by atoms with van der Waals surface area (Å²) in [6, 6.07) is 13.8. The second kappa shape index (κ2) is 10.8. The van der Waals surface area contributed by atoms with Gasteiger partial charge in [-0.3, -0.25) is 4.31 Å². The highest BCUT2D eigenvalue weighted by atomic mass is 32.2. The third-order valence-electron chi connectivity index (χ3n) is 6.75. The lowest BCUT2D eigenvalue weighted by Gasteiger charge is -2.29.